The molecule has 4 N–H and O–H groups in total. The van der Waals surface area contributed by atoms with E-state index < -0.39 is 0 Å². The Morgan fingerprint density at radius 2 is 1.92 bits per heavy atom. The molecule has 2 aromatic rings. The number of rotatable bonds is 5. The third-order valence-corrected chi connectivity index (χ3v) is 4.76. The van der Waals surface area contributed by atoms with Crippen molar-refractivity contribution in [2.45, 2.75) is 44.8 Å². The molecule has 0 aliphatic heterocycles. The van der Waals surface area contributed by atoms with Crippen molar-refractivity contribution >= 4 is 34.7 Å². The summed E-state index contributed by atoms with van der Waals surface area (Å²) in [7, 11) is 1.84. The van der Waals surface area contributed by atoms with E-state index in [9.17, 15) is 5.11 Å². The number of aliphatic hydroxyl groups excluding tert-OH is 1. The van der Waals surface area contributed by atoms with Gasteiger partial charge in [-0.1, -0.05) is 11.6 Å². The quantitative estimate of drug-likeness (QED) is 0.645. The zero-order chi connectivity index (χ0) is 17.8. The molecule has 0 atom stereocenters. The smallest absolute Gasteiger partial charge is 0.224 e. The number of anilines is 4. The molecular formula is C18H24ClN5O. The lowest BCUT2D eigenvalue weighted by Crippen LogP contribution is -2.29. The van der Waals surface area contributed by atoms with Gasteiger partial charge in [0.15, 0.2) is 5.82 Å². The molecule has 25 heavy (non-hydrogen) atoms. The number of aliphatic hydroxyl groups is 1. The average Bonchev–Trinajstić information content (AvgIpc) is 2.60. The Hall–Kier alpha value is -2.05. The zero-order valence-electron chi connectivity index (χ0n) is 14.5. The molecule has 6 nitrogen and oxygen atoms in total. The minimum absolute atomic E-state index is 0.171. The maximum absolute atomic E-state index is 9.63. The van der Waals surface area contributed by atoms with Crippen LogP contribution in [0.1, 0.15) is 31.2 Å². The van der Waals surface area contributed by atoms with E-state index in [4.69, 9.17) is 11.6 Å². The molecule has 134 valence electrons. The molecule has 1 aromatic carbocycles. The Bertz CT molecular complexity index is 731. The number of aryl methyl sites for hydroxylation is 1. The van der Waals surface area contributed by atoms with Crippen LogP contribution >= 0.6 is 11.6 Å². The molecule has 1 fully saturated rings. The van der Waals surface area contributed by atoms with Gasteiger partial charge >= 0.3 is 0 Å². The molecule has 1 heterocycles. The van der Waals surface area contributed by atoms with Crippen LogP contribution in [0.5, 0.6) is 0 Å². The first-order chi connectivity index (χ1) is 12.0. The number of hydrogen-bond donors (Lipinski definition) is 4. The van der Waals surface area contributed by atoms with E-state index in [1.165, 1.54) is 0 Å². The molecule has 1 saturated carbocycles. The maximum Gasteiger partial charge on any atom is 0.224 e. The van der Waals surface area contributed by atoms with Crippen molar-refractivity contribution in [2.75, 3.05) is 23.0 Å². The van der Waals surface area contributed by atoms with Crippen LogP contribution in [0.2, 0.25) is 5.02 Å². The first-order valence-electron chi connectivity index (χ1n) is 8.57. The van der Waals surface area contributed by atoms with E-state index >= 15 is 0 Å². The summed E-state index contributed by atoms with van der Waals surface area (Å²) in [4.78, 5) is 9.02. The Balaban J connectivity index is 1.77. The first kappa shape index (κ1) is 17.8. The second-order valence-electron chi connectivity index (χ2n) is 6.44. The molecule has 3 rings (SSSR count). The molecule has 0 bridgehead atoms. The van der Waals surface area contributed by atoms with Crippen LogP contribution in [-0.4, -0.2) is 34.3 Å². The summed E-state index contributed by atoms with van der Waals surface area (Å²) in [6.45, 7) is 2.00. The molecule has 0 unspecified atom stereocenters. The molecule has 7 heteroatoms. The summed E-state index contributed by atoms with van der Waals surface area (Å²) in [5, 5.41) is 20.2. The highest BCUT2D eigenvalue weighted by Gasteiger charge is 2.20. The van der Waals surface area contributed by atoms with E-state index in [2.05, 4.69) is 25.9 Å². The number of aromatic nitrogens is 2. The Kier molecular flexibility index (Phi) is 5.60. The molecular weight excluding hydrogens is 338 g/mol. The van der Waals surface area contributed by atoms with Crippen LogP contribution in [0, 0.1) is 6.92 Å². The first-order valence-corrected chi connectivity index (χ1v) is 8.95. The second kappa shape index (κ2) is 7.89. The number of hydrogen-bond acceptors (Lipinski definition) is 6. The van der Waals surface area contributed by atoms with Crippen molar-refractivity contribution in [1.82, 2.24) is 9.97 Å². The summed E-state index contributed by atoms with van der Waals surface area (Å²) in [5.41, 5.74) is 2.81. The summed E-state index contributed by atoms with van der Waals surface area (Å²) >= 11 is 6.03. The van der Waals surface area contributed by atoms with Gasteiger partial charge in [-0.15, -0.1) is 0 Å². The van der Waals surface area contributed by atoms with Gasteiger partial charge in [0.2, 0.25) is 5.95 Å². The van der Waals surface area contributed by atoms with E-state index in [1.807, 2.05) is 32.2 Å². The number of nitrogens with zero attached hydrogens (tertiary/aromatic N) is 2. The van der Waals surface area contributed by atoms with Crippen molar-refractivity contribution in [3.8, 4) is 0 Å². The normalized spacial score (nSPS) is 20.2. The van der Waals surface area contributed by atoms with Crippen molar-refractivity contribution in [1.29, 1.82) is 0 Å². The maximum atomic E-state index is 9.63. The summed E-state index contributed by atoms with van der Waals surface area (Å²) in [6, 6.07) is 6.00. The van der Waals surface area contributed by atoms with Gasteiger partial charge in [0.05, 0.1) is 18.0 Å². The summed E-state index contributed by atoms with van der Waals surface area (Å²) in [5.74, 6) is 1.30. The lowest BCUT2D eigenvalue weighted by atomic mass is 9.93. The number of nitrogens with one attached hydrogen (secondary N) is 3. The number of halogens is 1. The number of benzene rings is 1. The molecule has 1 aliphatic rings. The summed E-state index contributed by atoms with van der Waals surface area (Å²) in [6.07, 6.45) is 5.09. The second-order valence-corrected chi connectivity index (χ2v) is 6.88. The van der Waals surface area contributed by atoms with Crippen LogP contribution in [0.4, 0.5) is 23.1 Å². The van der Waals surface area contributed by atoms with Crippen LogP contribution in [0.25, 0.3) is 0 Å². The lowest BCUT2D eigenvalue weighted by Gasteiger charge is -2.26. The van der Waals surface area contributed by atoms with Crippen molar-refractivity contribution < 1.29 is 5.11 Å². The third kappa shape index (κ3) is 4.52. The highest BCUT2D eigenvalue weighted by atomic mass is 35.5. The molecule has 1 aromatic heterocycles. The molecule has 0 spiro atoms. The third-order valence-electron chi connectivity index (χ3n) is 4.53. The van der Waals surface area contributed by atoms with E-state index in [-0.39, 0.29) is 6.10 Å². The van der Waals surface area contributed by atoms with Crippen LogP contribution < -0.4 is 16.0 Å². The van der Waals surface area contributed by atoms with Gasteiger partial charge in [0.25, 0.3) is 0 Å². The van der Waals surface area contributed by atoms with Crippen molar-refractivity contribution in [3.05, 3.63) is 35.0 Å². The fourth-order valence-electron chi connectivity index (χ4n) is 3.03. The Morgan fingerprint density at radius 1 is 1.16 bits per heavy atom. The van der Waals surface area contributed by atoms with E-state index in [0.29, 0.717) is 22.8 Å². The van der Waals surface area contributed by atoms with E-state index in [0.717, 1.165) is 42.6 Å². The standard InChI is InChI=1S/C18H24ClN5O/c1-11-9-12(19)3-8-15(11)23-17-16(20-2)10-21-18(24-17)22-13-4-6-14(25)7-5-13/h3,8-10,13-14,20,25H,4-7H2,1-2H3,(H2,21,22,23,24). The van der Waals surface area contributed by atoms with Gasteiger partial charge in [0.1, 0.15) is 0 Å². The monoisotopic (exact) mass is 361 g/mol. The highest BCUT2D eigenvalue weighted by molar-refractivity contribution is 6.30. The van der Waals surface area contributed by atoms with Gasteiger partial charge in [-0.05, 0) is 56.4 Å². The van der Waals surface area contributed by atoms with Crippen molar-refractivity contribution in [2.24, 2.45) is 0 Å². The Labute approximate surface area is 153 Å². The predicted molar refractivity (Wildman–Crippen MR) is 103 cm³/mol. The van der Waals surface area contributed by atoms with Crippen LogP contribution in [0.3, 0.4) is 0 Å². The SMILES string of the molecule is CNc1cnc(NC2CCC(O)CC2)nc1Nc1ccc(Cl)cc1C. The van der Waals surface area contributed by atoms with Crippen LogP contribution in [-0.2, 0) is 0 Å². The highest BCUT2D eigenvalue weighted by Crippen LogP contribution is 2.28. The minimum atomic E-state index is -0.171. The van der Waals surface area contributed by atoms with Crippen LogP contribution in [0.15, 0.2) is 24.4 Å². The largest absolute Gasteiger partial charge is 0.393 e. The molecule has 0 radical (unpaired) electrons. The fraction of sp³-hybridized carbons (Fsp3) is 0.444. The predicted octanol–water partition coefficient (Wildman–Crippen LogP) is 3.94. The molecule has 1 aliphatic carbocycles. The van der Waals surface area contributed by atoms with Gasteiger partial charge in [-0.25, -0.2) is 4.98 Å². The lowest BCUT2D eigenvalue weighted by molar-refractivity contribution is 0.126. The average molecular weight is 362 g/mol. The zero-order valence-corrected chi connectivity index (χ0v) is 15.3. The molecule has 0 amide bonds. The van der Waals surface area contributed by atoms with Gasteiger partial charge in [0, 0.05) is 23.8 Å². The van der Waals surface area contributed by atoms with Gasteiger partial charge in [-0.2, -0.15) is 4.98 Å². The molecule has 0 saturated heterocycles. The van der Waals surface area contributed by atoms with Gasteiger partial charge in [-0.3, -0.25) is 0 Å². The van der Waals surface area contributed by atoms with E-state index in [1.54, 1.807) is 6.20 Å². The fourth-order valence-corrected chi connectivity index (χ4v) is 3.25. The minimum Gasteiger partial charge on any atom is -0.393 e. The van der Waals surface area contributed by atoms with Gasteiger partial charge < -0.3 is 21.1 Å². The van der Waals surface area contributed by atoms with Crippen molar-refractivity contribution in [3.63, 3.8) is 0 Å². The topological polar surface area (TPSA) is 82.1 Å². The Morgan fingerprint density at radius 3 is 2.60 bits per heavy atom. The summed E-state index contributed by atoms with van der Waals surface area (Å²) < 4.78 is 0.